The zero-order chi connectivity index (χ0) is 18.5. The Bertz CT molecular complexity index is 777. The molecular weight excluding hydrogens is 334 g/mol. The number of hydrogen-bond acceptors (Lipinski definition) is 4. The van der Waals surface area contributed by atoms with Gasteiger partial charge in [-0.3, -0.25) is 4.79 Å². The smallest absolute Gasteiger partial charge is 0.341 e. The Hall–Kier alpha value is -2.86. The van der Waals surface area contributed by atoms with Crippen LogP contribution >= 0.6 is 0 Å². The maximum absolute atomic E-state index is 13.1. The van der Waals surface area contributed by atoms with E-state index in [1.807, 2.05) is 37.3 Å². The first-order chi connectivity index (χ1) is 12.5. The van der Waals surface area contributed by atoms with E-state index in [0.717, 1.165) is 5.56 Å². The van der Waals surface area contributed by atoms with Crippen molar-refractivity contribution in [2.75, 3.05) is 19.8 Å². The van der Waals surface area contributed by atoms with Gasteiger partial charge in [-0.05, 0) is 30.7 Å². The van der Waals surface area contributed by atoms with Crippen molar-refractivity contribution < 1.29 is 24.2 Å². The summed E-state index contributed by atoms with van der Waals surface area (Å²) in [5.41, 5.74) is 1.48. The number of rotatable bonds is 5. The highest BCUT2D eigenvalue weighted by atomic mass is 16.5. The van der Waals surface area contributed by atoms with Gasteiger partial charge >= 0.3 is 5.97 Å². The van der Waals surface area contributed by atoms with Crippen LogP contribution in [0.15, 0.2) is 54.6 Å². The Balaban J connectivity index is 1.83. The molecule has 26 heavy (non-hydrogen) atoms. The molecule has 3 rings (SSSR count). The molecule has 2 aromatic rings. The fourth-order valence-corrected chi connectivity index (χ4v) is 3.01. The van der Waals surface area contributed by atoms with Crippen LogP contribution in [-0.4, -0.2) is 47.7 Å². The molecule has 6 nitrogen and oxygen atoms in total. The second-order valence-corrected chi connectivity index (χ2v) is 6.24. The lowest BCUT2D eigenvalue weighted by atomic mass is 10.0. The Labute approximate surface area is 152 Å². The highest BCUT2D eigenvalue weighted by Crippen LogP contribution is 2.28. The standard InChI is InChI=1S/C20H21NO5/c1-14-11-21(18(12-25-14)15-6-3-2-4-7-15)20(24)16-8-5-9-17(10-16)26-13-19(22)23/h2-10,14,18H,11-13H2,1H3,(H,22,23). The van der Waals surface area contributed by atoms with Crippen molar-refractivity contribution in [1.29, 1.82) is 0 Å². The van der Waals surface area contributed by atoms with Crippen LogP contribution in [-0.2, 0) is 9.53 Å². The number of carboxylic acids is 1. The number of aliphatic carboxylic acids is 1. The van der Waals surface area contributed by atoms with Gasteiger partial charge in [0.25, 0.3) is 5.91 Å². The number of morpholine rings is 1. The number of carboxylic acid groups (broad SMARTS) is 1. The number of ether oxygens (including phenoxy) is 2. The molecule has 0 saturated carbocycles. The molecule has 6 heteroatoms. The lowest BCUT2D eigenvalue weighted by Gasteiger charge is -2.39. The molecule has 1 amide bonds. The van der Waals surface area contributed by atoms with Crippen LogP contribution in [0.3, 0.4) is 0 Å². The number of carbonyl (C=O) groups is 2. The van der Waals surface area contributed by atoms with Gasteiger partial charge in [-0.1, -0.05) is 36.4 Å². The van der Waals surface area contributed by atoms with Gasteiger partial charge in [0.15, 0.2) is 6.61 Å². The number of carbonyl (C=O) groups excluding carboxylic acids is 1. The summed E-state index contributed by atoms with van der Waals surface area (Å²) in [6, 6.07) is 16.2. The average Bonchev–Trinajstić information content (AvgIpc) is 2.66. The molecule has 0 radical (unpaired) electrons. The van der Waals surface area contributed by atoms with E-state index < -0.39 is 12.6 Å². The lowest BCUT2D eigenvalue weighted by molar-refractivity contribution is -0.139. The minimum atomic E-state index is -1.06. The fraction of sp³-hybridized carbons (Fsp3) is 0.300. The van der Waals surface area contributed by atoms with E-state index in [1.165, 1.54) is 0 Å². The third-order valence-electron chi connectivity index (χ3n) is 4.26. The largest absolute Gasteiger partial charge is 0.482 e. The molecule has 1 saturated heterocycles. The van der Waals surface area contributed by atoms with Gasteiger partial charge in [0.2, 0.25) is 0 Å². The first kappa shape index (κ1) is 17.9. The topological polar surface area (TPSA) is 76.1 Å². The minimum Gasteiger partial charge on any atom is -0.482 e. The van der Waals surface area contributed by atoms with Crippen LogP contribution < -0.4 is 4.74 Å². The zero-order valence-corrected chi connectivity index (χ0v) is 14.5. The van der Waals surface area contributed by atoms with Crippen molar-refractivity contribution in [3.05, 3.63) is 65.7 Å². The third-order valence-corrected chi connectivity index (χ3v) is 4.26. The summed E-state index contributed by atoms with van der Waals surface area (Å²) in [4.78, 5) is 25.6. The van der Waals surface area contributed by atoms with E-state index in [9.17, 15) is 9.59 Å². The molecule has 1 fully saturated rings. The van der Waals surface area contributed by atoms with E-state index in [2.05, 4.69) is 0 Å². The normalized spacial score (nSPS) is 19.8. The molecular formula is C20H21NO5. The molecule has 0 spiro atoms. The predicted molar refractivity (Wildman–Crippen MR) is 95.2 cm³/mol. The molecule has 0 aromatic heterocycles. The summed E-state index contributed by atoms with van der Waals surface area (Å²) in [7, 11) is 0. The number of nitrogens with zero attached hydrogens (tertiary/aromatic N) is 1. The zero-order valence-electron chi connectivity index (χ0n) is 14.5. The Morgan fingerprint density at radius 2 is 1.96 bits per heavy atom. The van der Waals surface area contributed by atoms with E-state index in [0.29, 0.717) is 24.5 Å². The molecule has 0 bridgehead atoms. The van der Waals surface area contributed by atoms with Crippen molar-refractivity contribution >= 4 is 11.9 Å². The summed E-state index contributed by atoms with van der Waals surface area (Å²) >= 11 is 0. The van der Waals surface area contributed by atoms with Crippen molar-refractivity contribution in [2.45, 2.75) is 19.1 Å². The van der Waals surface area contributed by atoms with Crippen LogP contribution in [0.5, 0.6) is 5.75 Å². The Morgan fingerprint density at radius 3 is 2.69 bits per heavy atom. The highest BCUT2D eigenvalue weighted by molar-refractivity contribution is 5.95. The molecule has 2 atom stereocenters. The molecule has 1 heterocycles. The lowest BCUT2D eigenvalue weighted by Crippen LogP contribution is -2.46. The quantitative estimate of drug-likeness (QED) is 0.892. The summed E-state index contributed by atoms with van der Waals surface area (Å²) < 4.78 is 10.9. The maximum atomic E-state index is 13.1. The SMILES string of the molecule is CC1CN(C(=O)c2cccc(OCC(=O)O)c2)C(c2ccccc2)CO1. The van der Waals surface area contributed by atoms with Crippen LogP contribution in [0.2, 0.25) is 0 Å². The molecule has 2 aromatic carbocycles. The minimum absolute atomic E-state index is 0.0506. The van der Waals surface area contributed by atoms with Gasteiger partial charge in [0.1, 0.15) is 5.75 Å². The predicted octanol–water partition coefficient (Wildman–Crippen LogP) is 2.75. The molecule has 1 aliphatic rings. The summed E-state index contributed by atoms with van der Waals surface area (Å²) in [6.07, 6.45) is -0.0506. The second-order valence-electron chi connectivity index (χ2n) is 6.24. The Morgan fingerprint density at radius 1 is 1.19 bits per heavy atom. The van der Waals surface area contributed by atoms with Crippen LogP contribution in [0, 0.1) is 0 Å². The van der Waals surface area contributed by atoms with E-state index in [-0.39, 0.29) is 18.1 Å². The van der Waals surface area contributed by atoms with Crippen molar-refractivity contribution in [3.8, 4) is 5.75 Å². The van der Waals surface area contributed by atoms with E-state index in [4.69, 9.17) is 14.6 Å². The monoisotopic (exact) mass is 355 g/mol. The Kier molecular flexibility index (Phi) is 5.53. The number of hydrogen-bond donors (Lipinski definition) is 1. The van der Waals surface area contributed by atoms with Crippen LogP contribution in [0.25, 0.3) is 0 Å². The van der Waals surface area contributed by atoms with Crippen LogP contribution in [0.4, 0.5) is 0 Å². The maximum Gasteiger partial charge on any atom is 0.341 e. The average molecular weight is 355 g/mol. The number of amides is 1. The summed E-state index contributed by atoms with van der Waals surface area (Å²) in [5, 5.41) is 8.73. The van der Waals surface area contributed by atoms with Crippen molar-refractivity contribution in [1.82, 2.24) is 4.90 Å². The van der Waals surface area contributed by atoms with Gasteiger partial charge in [0, 0.05) is 12.1 Å². The first-order valence-electron chi connectivity index (χ1n) is 8.47. The second kappa shape index (κ2) is 8.01. The van der Waals surface area contributed by atoms with E-state index in [1.54, 1.807) is 29.2 Å². The molecule has 1 aliphatic heterocycles. The van der Waals surface area contributed by atoms with Crippen molar-refractivity contribution in [3.63, 3.8) is 0 Å². The first-order valence-corrected chi connectivity index (χ1v) is 8.47. The third kappa shape index (κ3) is 4.21. The number of benzene rings is 2. The van der Waals surface area contributed by atoms with Gasteiger partial charge in [-0.15, -0.1) is 0 Å². The van der Waals surface area contributed by atoms with Gasteiger partial charge in [-0.25, -0.2) is 4.79 Å². The molecule has 0 aliphatic carbocycles. The molecule has 136 valence electrons. The summed E-state index contributed by atoms with van der Waals surface area (Å²) in [6.45, 7) is 2.41. The molecule has 2 unspecified atom stereocenters. The molecule has 1 N–H and O–H groups in total. The summed E-state index contributed by atoms with van der Waals surface area (Å²) in [5.74, 6) is -0.835. The van der Waals surface area contributed by atoms with Gasteiger partial charge in [0.05, 0.1) is 18.8 Å². The fourth-order valence-electron chi connectivity index (χ4n) is 3.01. The van der Waals surface area contributed by atoms with Crippen molar-refractivity contribution in [2.24, 2.45) is 0 Å². The highest BCUT2D eigenvalue weighted by Gasteiger charge is 2.32. The van der Waals surface area contributed by atoms with E-state index >= 15 is 0 Å². The van der Waals surface area contributed by atoms with Gasteiger partial charge < -0.3 is 19.5 Å². The van der Waals surface area contributed by atoms with Crippen LogP contribution in [0.1, 0.15) is 28.9 Å². The van der Waals surface area contributed by atoms with Gasteiger partial charge in [-0.2, -0.15) is 0 Å².